The normalized spacial score (nSPS) is 11.6. The molecule has 1 unspecified atom stereocenters. The number of aromatic nitrogens is 3. The van der Waals surface area contributed by atoms with E-state index in [0.29, 0.717) is 0 Å². The Hall–Kier alpha value is -2.29. The number of methoxy groups -OCH3 is 1. The Balaban J connectivity index is 2.38. The number of carbonyl (C=O) groups excluding carboxylic acids is 1. The third-order valence-electron chi connectivity index (χ3n) is 1.72. The number of nitrogens with zero attached hydrogens (tertiary/aromatic N) is 3. The summed E-state index contributed by atoms with van der Waals surface area (Å²) in [7, 11) is 1.24. The van der Waals surface area contributed by atoms with E-state index >= 15 is 0 Å². The molecule has 0 aliphatic carbocycles. The van der Waals surface area contributed by atoms with Gasteiger partial charge in [-0.1, -0.05) is 0 Å². The van der Waals surface area contributed by atoms with Crippen molar-refractivity contribution < 1.29 is 19.4 Å². The van der Waals surface area contributed by atoms with Gasteiger partial charge < -0.3 is 15.2 Å². The number of hydrogen-bond donors (Lipinski definition) is 3. The minimum absolute atomic E-state index is 0.0225. The fraction of sp³-hybridized carbons (Fsp3) is 0.375. The molecule has 0 aliphatic heterocycles. The second-order valence-electron chi connectivity index (χ2n) is 2.86. The third kappa shape index (κ3) is 4.38. The van der Waals surface area contributed by atoms with E-state index in [1.54, 1.807) is 0 Å². The maximum Gasteiger partial charge on any atom is 0.334 e. The highest BCUT2D eigenvalue weighted by Crippen LogP contribution is 1.92. The van der Waals surface area contributed by atoms with Gasteiger partial charge in [-0.15, -0.1) is 5.10 Å². The Kier molecular flexibility index (Phi) is 4.76. The van der Waals surface area contributed by atoms with E-state index in [9.17, 15) is 9.59 Å². The second kappa shape index (κ2) is 6.33. The van der Waals surface area contributed by atoms with Crippen LogP contribution in [0.1, 0.15) is 0 Å². The molecule has 0 aliphatic rings. The van der Waals surface area contributed by atoms with Crippen LogP contribution in [0.3, 0.4) is 0 Å². The average molecular weight is 241 g/mol. The molecule has 0 saturated carbocycles. The van der Waals surface area contributed by atoms with Crippen molar-refractivity contribution in [2.75, 3.05) is 19.0 Å². The Bertz CT molecular complexity index is 385. The van der Waals surface area contributed by atoms with E-state index in [-0.39, 0.29) is 12.5 Å². The number of aliphatic carboxylic acids is 1. The lowest BCUT2D eigenvalue weighted by molar-refractivity contribution is -0.147. The van der Waals surface area contributed by atoms with Crippen molar-refractivity contribution >= 4 is 17.9 Å². The molecule has 3 N–H and O–H groups in total. The summed E-state index contributed by atoms with van der Waals surface area (Å²) in [5.41, 5.74) is 0. The number of carboxylic acids is 1. The van der Waals surface area contributed by atoms with Crippen LogP contribution in [0.5, 0.6) is 0 Å². The number of carboxylic acid groups (broad SMARTS) is 1. The largest absolute Gasteiger partial charge is 0.479 e. The number of amides is 2. The minimum atomic E-state index is -1.16. The van der Waals surface area contributed by atoms with E-state index in [1.807, 2.05) is 0 Å². The predicted octanol–water partition coefficient (Wildman–Crippen LogP) is -0.907. The summed E-state index contributed by atoms with van der Waals surface area (Å²) in [6.07, 6.45) is 1.61. The number of ether oxygens (including phenoxy) is 1. The average Bonchev–Trinajstić information content (AvgIpc) is 2.30. The molecule has 0 radical (unpaired) electrons. The monoisotopic (exact) mass is 241 g/mol. The van der Waals surface area contributed by atoms with Gasteiger partial charge in [-0.05, 0) is 0 Å². The summed E-state index contributed by atoms with van der Waals surface area (Å²) in [4.78, 5) is 25.6. The number of hydrogen-bond acceptors (Lipinski definition) is 6. The smallest absolute Gasteiger partial charge is 0.334 e. The van der Waals surface area contributed by atoms with Crippen molar-refractivity contribution in [2.45, 2.75) is 6.10 Å². The Labute approximate surface area is 96.2 Å². The third-order valence-corrected chi connectivity index (χ3v) is 1.72. The first-order chi connectivity index (χ1) is 8.13. The first-order valence-electron chi connectivity index (χ1n) is 4.57. The zero-order chi connectivity index (χ0) is 12.7. The molecule has 1 heterocycles. The van der Waals surface area contributed by atoms with Gasteiger partial charge in [0.15, 0.2) is 6.10 Å². The zero-order valence-electron chi connectivity index (χ0n) is 8.95. The van der Waals surface area contributed by atoms with Gasteiger partial charge in [0.1, 0.15) is 0 Å². The Morgan fingerprint density at radius 1 is 1.53 bits per heavy atom. The number of anilines is 1. The maximum absolute atomic E-state index is 11.3. The van der Waals surface area contributed by atoms with Crippen LogP contribution in [-0.2, 0) is 9.53 Å². The fourth-order valence-electron chi connectivity index (χ4n) is 0.907. The highest BCUT2D eigenvalue weighted by molar-refractivity contribution is 5.87. The standard InChI is InChI=1S/C8H11N5O4/c1-17-5(6(14)15)4-10-8(16)12-7-9-2-3-11-13-7/h2-3,5H,4H2,1H3,(H,14,15)(H2,9,10,12,13,16). The molecule has 0 aromatic carbocycles. The molecule has 17 heavy (non-hydrogen) atoms. The molecule has 0 saturated heterocycles. The molecular weight excluding hydrogens is 230 g/mol. The molecule has 92 valence electrons. The molecule has 9 heteroatoms. The van der Waals surface area contributed by atoms with E-state index < -0.39 is 18.1 Å². The number of nitrogens with one attached hydrogen (secondary N) is 2. The van der Waals surface area contributed by atoms with Crippen LogP contribution < -0.4 is 10.6 Å². The molecule has 9 nitrogen and oxygen atoms in total. The summed E-state index contributed by atoms with van der Waals surface area (Å²) in [5.74, 6) is -1.14. The fourth-order valence-corrected chi connectivity index (χ4v) is 0.907. The van der Waals surface area contributed by atoms with Crippen molar-refractivity contribution in [1.82, 2.24) is 20.5 Å². The zero-order valence-corrected chi connectivity index (χ0v) is 8.95. The molecule has 0 bridgehead atoms. The van der Waals surface area contributed by atoms with Gasteiger partial charge in [0.05, 0.1) is 18.9 Å². The summed E-state index contributed by atoms with van der Waals surface area (Å²) >= 11 is 0. The molecule has 1 rings (SSSR count). The number of rotatable bonds is 5. The van der Waals surface area contributed by atoms with Gasteiger partial charge in [0.2, 0.25) is 0 Å². The van der Waals surface area contributed by atoms with Crippen LogP contribution in [0.4, 0.5) is 10.7 Å². The second-order valence-corrected chi connectivity index (χ2v) is 2.86. The van der Waals surface area contributed by atoms with Gasteiger partial charge in [-0.3, -0.25) is 5.32 Å². The predicted molar refractivity (Wildman–Crippen MR) is 55.3 cm³/mol. The Morgan fingerprint density at radius 2 is 2.29 bits per heavy atom. The van der Waals surface area contributed by atoms with Crippen molar-refractivity contribution in [3.05, 3.63) is 12.4 Å². The van der Waals surface area contributed by atoms with E-state index in [0.717, 1.165) is 0 Å². The number of carbonyl (C=O) groups is 2. The molecule has 1 atom stereocenters. The van der Waals surface area contributed by atoms with Crippen LogP contribution in [0.2, 0.25) is 0 Å². The summed E-state index contributed by atoms with van der Waals surface area (Å²) in [6, 6.07) is -0.638. The molecule has 0 fully saturated rings. The lowest BCUT2D eigenvalue weighted by atomic mass is 10.3. The molecule has 0 spiro atoms. The van der Waals surface area contributed by atoms with Crippen molar-refractivity contribution in [3.8, 4) is 0 Å². The summed E-state index contributed by atoms with van der Waals surface area (Å²) in [6.45, 7) is -0.169. The highest BCUT2D eigenvalue weighted by Gasteiger charge is 2.17. The van der Waals surface area contributed by atoms with E-state index in [1.165, 1.54) is 19.5 Å². The van der Waals surface area contributed by atoms with Gasteiger partial charge in [-0.2, -0.15) is 5.10 Å². The van der Waals surface area contributed by atoms with E-state index in [4.69, 9.17) is 5.11 Å². The molecule has 2 amide bonds. The van der Waals surface area contributed by atoms with Crippen LogP contribution in [0.15, 0.2) is 12.4 Å². The highest BCUT2D eigenvalue weighted by atomic mass is 16.5. The van der Waals surface area contributed by atoms with Crippen molar-refractivity contribution in [1.29, 1.82) is 0 Å². The van der Waals surface area contributed by atoms with Crippen LogP contribution >= 0.6 is 0 Å². The van der Waals surface area contributed by atoms with Gasteiger partial charge >= 0.3 is 12.0 Å². The van der Waals surface area contributed by atoms with Crippen LogP contribution in [-0.4, -0.2) is 52.0 Å². The Morgan fingerprint density at radius 3 is 2.82 bits per heavy atom. The molecular formula is C8H11N5O4. The van der Waals surface area contributed by atoms with Crippen LogP contribution in [0.25, 0.3) is 0 Å². The topological polar surface area (TPSA) is 126 Å². The van der Waals surface area contributed by atoms with Gasteiger partial charge in [0.25, 0.3) is 5.95 Å². The molecule has 1 aromatic heterocycles. The quantitative estimate of drug-likeness (QED) is 0.609. The van der Waals surface area contributed by atoms with Gasteiger partial charge in [0, 0.05) is 7.11 Å². The lowest BCUT2D eigenvalue weighted by Crippen LogP contribution is -2.40. The van der Waals surface area contributed by atoms with Crippen LogP contribution in [0, 0.1) is 0 Å². The minimum Gasteiger partial charge on any atom is -0.479 e. The van der Waals surface area contributed by atoms with Crippen molar-refractivity contribution in [3.63, 3.8) is 0 Å². The lowest BCUT2D eigenvalue weighted by Gasteiger charge is -2.11. The van der Waals surface area contributed by atoms with Crippen molar-refractivity contribution in [2.24, 2.45) is 0 Å². The molecule has 1 aromatic rings. The summed E-state index contributed by atoms with van der Waals surface area (Å²) in [5, 5.41) is 20.2. The SMILES string of the molecule is COC(CNC(=O)Nc1nccnn1)C(=O)O. The number of urea groups is 1. The summed E-state index contributed by atoms with van der Waals surface area (Å²) < 4.78 is 4.63. The first-order valence-corrected chi connectivity index (χ1v) is 4.57. The first kappa shape index (κ1) is 12.8. The van der Waals surface area contributed by atoms with E-state index in [2.05, 4.69) is 30.6 Å². The maximum atomic E-state index is 11.3. The van der Waals surface area contributed by atoms with Gasteiger partial charge in [-0.25, -0.2) is 14.6 Å².